The molecule has 0 aliphatic rings. The molecule has 18 heavy (non-hydrogen) atoms. The van der Waals surface area contributed by atoms with Crippen LogP contribution in [0, 0.1) is 0 Å². The van der Waals surface area contributed by atoms with Crippen LogP contribution >= 0.6 is 0 Å². The maximum Gasteiger partial charge on any atom is 0.230 e. The number of hydrogen-bond acceptors (Lipinski definition) is 6. The maximum atomic E-state index is 5.68. The Morgan fingerprint density at radius 3 is 2.72 bits per heavy atom. The molecule has 2 rings (SSSR count). The molecule has 2 N–H and O–H groups in total. The second kappa shape index (κ2) is 4.99. The van der Waals surface area contributed by atoms with E-state index in [1.54, 1.807) is 11.1 Å². The summed E-state index contributed by atoms with van der Waals surface area (Å²) in [4.78, 5) is 14.3. The second-order valence-corrected chi connectivity index (χ2v) is 4.20. The molecule has 0 spiro atoms. The fourth-order valence-electron chi connectivity index (χ4n) is 1.54. The van der Waals surface area contributed by atoms with E-state index in [1.807, 2.05) is 25.0 Å². The van der Waals surface area contributed by atoms with Crippen LogP contribution in [0.15, 0.2) is 12.4 Å². The Kier molecular flexibility index (Phi) is 3.40. The predicted octanol–water partition coefficient (Wildman–Crippen LogP) is 0.793. The van der Waals surface area contributed by atoms with Crippen molar-refractivity contribution in [3.05, 3.63) is 12.4 Å². The van der Waals surface area contributed by atoms with Gasteiger partial charge in [0.2, 0.25) is 11.9 Å². The van der Waals surface area contributed by atoms with Gasteiger partial charge in [-0.05, 0) is 6.42 Å². The van der Waals surface area contributed by atoms with Crippen molar-refractivity contribution in [1.29, 1.82) is 0 Å². The van der Waals surface area contributed by atoms with Crippen molar-refractivity contribution in [3.63, 3.8) is 0 Å². The van der Waals surface area contributed by atoms with Gasteiger partial charge in [-0.3, -0.25) is 4.68 Å². The molecule has 7 heteroatoms. The molecule has 0 fully saturated rings. The Labute approximate surface area is 106 Å². The highest BCUT2D eigenvalue weighted by Gasteiger charge is 2.10. The number of hydrogen-bond donors (Lipinski definition) is 1. The first-order valence-electron chi connectivity index (χ1n) is 5.82. The van der Waals surface area contributed by atoms with Crippen molar-refractivity contribution >= 4 is 11.9 Å². The number of nitrogens with zero attached hydrogens (tertiary/aromatic N) is 6. The van der Waals surface area contributed by atoms with Crippen LogP contribution < -0.4 is 10.6 Å². The van der Waals surface area contributed by atoms with Gasteiger partial charge in [0.15, 0.2) is 5.82 Å². The highest BCUT2D eigenvalue weighted by molar-refractivity contribution is 5.55. The number of rotatable bonds is 4. The number of aromatic nitrogens is 5. The largest absolute Gasteiger partial charge is 0.368 e. The Bertz CT molecular complexity index is 532. The first-order valence-corrected chi connectivity index (χ1v) is 5.82. The summed E-state index contributed by atoms with van der Waals surface area (Å²) < 4.78 is 1.87. The lowest BCUT2D eigenvalue weighted by atomic mass is 10.3. The van der Waals surface area contributed by atoms with Gasteiger partial charge < -0.3 is 10.6 Å². The smallest absolute Gasteiger partial charge is 0.230 e. The summed E-state index contributed by atoms with van der Waals surface area (Å²) in [6, 6.07) is 0. The van der Waals surface area contributed by atoms with E-state index in [9.17, 15) is 0 Å². The van der Waals surface area contributed by atoms with Crippen molar-refractivity contribution in [1.82, 2.24) is 24.7 Å². The molecule has 0 aromatic carbocycles. The Balaban J connectivity index is 2.36. The zero-order chi connectivity index (χ0) is 13.1. The van der Waals surface area contributed by atoms with E-state index in [-0.39, 0.29) is 5.95 Å². The maximum absolute atomic E-state index is 5.68. The Morgan fingerprint density at radius 1 is 1.28 bits per heavy atom. The molecule has 0 atom stereocenters. The van der Waals surface area contributed by atoms with Crippen LogP contribution in [0.5, 0.6) is 0 Å². The molecule has 2 aromatic heterocycles. The standard InChI is InChI=1S/C11H17N7/c1-4-5-18-7-8(6-13-18)9-14-10(12)16-11(15-9)17(2)3/h6-7H,4-5H2,1-3H3,(H2,12,14,15,16). The molecule has 0 aliphatic carbocycles. The lowest BCUT2D eigenvalue weighted by Crippen LogP contribution is -2.15. The van der Waals surface area contributed by atoms with Gasteiger partial charge in [-0.1, -0.05) is 6.92 Å². The van der Waals surface area contributed by atoms with Gasteiger partial charge in [0.1, 0.15) is 0 Å². The SMILES string of the molecule is CCCn1cc(-c2nc(N)nc(N(C)C)n2)cn1. The van der Waals surface area contributed by atoms with Gasteiger partial charge in [0.05, 0.1) is 11.8 Å². The van der Waals surface area contributed by atoms with Crippen LogP contribution in [0.4, 0.5) is 11.9 Å². The molecule has 7 nitrogen and oxygen atoms in total. The van der Waals surface area contributed by atoms with Gasteiger partial charge in [-0.25, -0.2) is 0 Å². The van der Waals surface area contributed by atoms with Crippen LogP contribution in [0.3, 0.4) is 0 Å². The van der Waals surface area contributed by atoms with Gasteiger partial charge in [0.25, 0.3) is 0 Å². The summed E-state index contributed by atoms with van der Waals surface area (Å²) in [7, 11) is 3.72. The van der Waals surface area contributed by atoms with Crippen LogP contribution in [0.25, 0.3) is 11.4 Å². The molecular weight excluding hydrogens is 230 g/mol. The van der Waals surface area contributed by atoms with Gasteiger partial charge in [-0.15, -0.1) is 0 Å². The van der Waals surface area contributed by atoms with Crippen LogP contribution in [-0.4, -0.2) is 38.8 Å². The van der Waals surface area contributed by atoms with Gasteiger partial charge >= 0.3 is 0 Å². The fourth-order valence-corrected chi connectivity index (χ4v) is 1.54. The molecule has 0 saturated heterocycles. The molecule has 0 radical (unpaired) electrons. The van der Waals surface area contributed by atoms with Crippen molar-refractivity contribution in [2.24, 2.45) is 0 Å². The van der Waals surface area contributed by atoms with Crippen molar-refractivity contribution in [2.75, 3.05) is 24.7 Å². The minimum atomic E-state index is 0.215. The highest BCUT2D eigenvalue weighted by atomic mass is 15.3. The van der Waals surface area contributed by atoms with Crippen LogP contribution in [0.2, 0.25) is 0 Å². The summed E-state index contributed by atoms with van der Waals surface area (Å²) in [6.45, 7) is 2.98. The predicted molar refractivity (Wildman–Crippen MR) is 70.1 cm³/mol. The number of nitrogens with two attached hydrogens (primary N) is 1. The van der Waals surface area contributed by atoms with Crippen LogP contribution in [-0.2, 0) is 6.54 Å². The van der Waals surface area contributed by atoms with E-state index in [2.05, 4.69) is 27.0 Å². The zero-order valence-corrected chi connectivity index (χ0v) is 10.8. The number of nitrogen functional groups attached to an aromatic ring is 1. The van der Waals surface area contributed by atoms with E-state index in [4.69, 9.17) is 5.73 Å². The third-order valence-electron chi connectivity index (χ3n) is 2.39. The molecule has 0 saturated carbocycles. The molecule has 0 unspecified atom stereocenters. The summed E-state index contributed by atoms with van der Waals surface area (Å²) in [6.07, 6.45) is 4.69. The Morgan fingerprint density at radius 2 is 2.06 bits per heavy atom. The molecule has 0 amide bonds. The molecule has 2 heterocycles. The topological polar surface area (TPSA) is 85.8 Å². The quantitative estimate of drug-likeness (QED) is 0.859. The van der Waals surface area contributed by atoms with Crippen molar-refractivity contribution in [2.45, 2.75) is 19.9 Å². The van der Waals surface area contributed by atoms with E-state index >= 15 is 0 Å². The van der Waals surface area contributed by atoms with Gasteiger partial charge in [0, 0.05) is 26.8 Å². The van der Waals surface area contributed by atoms with E-state index in [1.165, 1.54) is 0 Å². The second-order valence-electron chi connectivity index (χ2n) is 4.20. The van der Waals surface area contributed by atoms with E-state index in [0.717, 1.165) is 18.5 Å². The monoisotopic (exact) mass is 247 g/mol. The third kappa shape index (κ3) is 2.55. The number of anilines is 2. The molecule has 0 aliphatic heterocycles. The minimum Gasteiger partial charge on any atom is -0.368 e. The third-order valence-corrected chi connectivity index (χ3v) is 2.39. The summed E-state index contributed by atoms with van der Waals surface area (Å²) >= 11 is 0. The first-order chi connectivity index (χ1) is 8.60. The summed E-state index contributed by atoms with van der Waals surface area (Å²) in [5.41, 5.74) is 6.53. The minimum absolute atomic E-state index is 0.215. The molecule has 2 aromatic rings. The average molecular weight is 247 g/mol. The normalized spacial score (nSPS) is 10.6. The van der Waals surface area contributed by atoms with Crippen LogP contribution in [0.1, 0.15) is 13.3 Å². The molecule has 96 valence electrons. The average Bonchev–Trinajstić information content (AvgIpc) is 2.77. The van der Waals surface area contributed by atoms with Gasteiger partial charge in [-0.2, -0.15) is 20.1 Å². The fraction of sp³-hybridized carbons (Fsp3) is 0.455. The lowest BCUT2D eigenvalue weighted by molar-refractivity contribution is 0.603. The summed E-state index contributed by atoms with van der Waals surface area (Å²) in [5, 5.41) is 4.25. The number of aryl methyl sites for hydroxylation is 1. The lowest BCUT2D eigenvalue weighted by Gasteiger charge is -2.10. The van der Waals surface area contributed by atoms with Crippen molar-refractivity contribution < 1.29 is 0 Å². The van der Waals surface area contributed by atoms with E-state index < -0.39 is 0 Å². The van der Waals surface area contributed by atoms with E-state index in [0.29, 0.717) is 11.8 Å². The summed E-state index contributed by atoms with van der Waals surface area (Å²) in [5.74, 6) is 1.31. The molecule has 0 bridgehead atoms. The Hall–Kier alpha value is -2.18. The zero-order valence-electron chi connectivity index (χ0n) is 10.8. The highest BCUT2D eigenvalue weighted by Crippen LogP contribution is 2.17. The van der Waals surface area contributed by atoms with Crippen molar-refractivity contribution in [3.8, 4) is 11.4 Å². The molecular formula is C11H17N7. The first kappa shape index (κ1) is 12.3.